The largest absolute Gasteiger partial charge is 0.459 e. The van der Waals surface area contributed by atoms with Gasteiger partial charge in [-0.05, 0) is 51.5 Å². The molecule has 1 saturated heterocycles. The first kappa shape index (κ1) is 20.6. The lowest BCUT2D eigenvalue weighted by atomic mass is 10.0. The van der Waals surface area contributed by atoms with Crippen LogP contribution >= 0.6 is 0 Å². The van der Waals surface area contributed by atoms with Gasteiger partial charge in [0.05, 0.1) is 30.6 Å². The zero-order valence-electron chi connectivity index (χ0n) is 18.4. The van der Waals surface area contributed by atoms with Gasteiger partial charge in [0.25, 0.3) is 0 Å². The van der Waals surface area contributed by atoms with E-state index in [0.29, 0.717) is 5.56 Å². The molecule has 1 atom stereocenters. The molecule has 1 unspecified atom stereocenters. The van der Waals surface area contributed by atoms with Gasteiger partial charge in [-0.15, -0.1) is 0 Å². The summed E-state index contributed by atoms with van der Waals surface area (Å²) in [4.78, 5) is 15.3. The summed E-state index contributed by atoms with van der Waals surface area (Å²) in [6.45, 7) is 11.2. The summed E-state index contributed by atoms with van der Waals surface area (Å²) in [6, 6.07) is 6.15. The van der Waals surface area contributed by atoms with E-state index in [2.05, 4.69) is 33.6 Å². The van der Waals surface area contributed by atoms with Gasteiger partial charge in [-0.25, -0.2) is 4.79 Å². The first-order chi connectivity index (χ1) is 14.3. The lowest BCUT2D eigenvalue weighted by Gasteiger charge is -2.34. The van der Waals surface area contributed by atoms with Crippen molar-refractivity contribution < 1.29 is 14.3 Å². The second-order valence-electron chi connectivity index (χ2n) is 8.24. The number of hydrogen-bond donors (Lipinski definition) is 0. The Morgan fingerprint density at radius 3 is 2.57 bits per heavy atom. The number of aryl methyl sites for hydroxylation is 1. The second kappa shape index (κ2) is 8.24. The SMILES string of the molecule is Cc1c(C(=O)OC(C)C)cc2cc(-c3ccn(C)n3)cn2c1C(C)N1CCOCC1. The fourth-order valence-electron chi connectivity index (χ4n) is 4.23. The standard InChI is InChI=1S/C23H30N4O3/c1-15(2)30-23(28)20-13-19-12-18(21-6-7-25(5)24-21)14-27(19)22(16(20)3)17(4)26-8-10-29-11-9-26/h6-7,12-15,17H,8-11H2,1-5H3. The maximum Gasteiger partial charge on any atom is 0.338 e. The minimum absolute atomic E-state index is 0.132. The lowest BCUT2D eigenvalue weighted by Crippen LogP contribution is -2.39. The monoisotopic (exact) mass is 410 g/mol. The maximum atomic E-state index is 12.9. The molecule has 1 aliphatic heterocycles. The number of rotatable bonds is 5. The maximum absolute atomic E-state index is 12.9. The molecule has 30 heavy (non-hydrogen) atoms. The van der Waals surface area contributed by atoms with Crippen molar-refractivity contribution in [3.63, 3.8) is 0 Å². The number of aromatic nitrogens is 3. The molecule has 0 aliphatic carbocycles. The van der Waals surface area contributed by atoms with Gasteiger partial charge >= 0.3 is 5.97 Å². The van der Waals surface area contributed by atoms with Crippen LogP contribution in [0.15, 0.2) is 30.6 Å². The summed E-state index contributed by atoms with van der Waals surface area (Å²) in [7, 11) is 1.91. The third-order valence-electron chi connectivity index (χ3n) is 5.75. The van der Waals surface area contributed by atoms with Crippen molar-refractivity contribution in [2.45, 2.75) is 39.8 Å². The molecule has 1 fully saturated rings. The molecule has 0 N–H and O–H groups in total. The minimum atomic E-state index is -0.277. The van der Waals surface area contributed by atoms with Crippen LogP contribution < -0.4 is 0 Å². The first-order valence-corrected chi connectivity index (χ1v) is 10.5. The van der Waals surface area contributed by atoms with Crippen LogP contribution in [-0.2, 0) is 16.5 Å². The van der Waals surface area contributed by atoms with Crippen LogP contribution in [0.2, 0.25) is 0 Å². The van der Waals surface area contributed by atoms with Crippen molar-refractivity contribution in [3.8, 4) is 11.3 Å². The predicted molar refractivity (Wildman–Crippen MR) is 116 cm³/mol. The van der Waals surface area contributed by atoms with Crippen LogP contribution in [0.25, 0.3) is 16.8 Å². The van der Waals surface area contributed by atoms with Gasteiger partial charge in [0.15, 0.2) is 0 Å². The molecule has 3 aromatic rings. The van der Waals surface area contributed by atoms with Crippen LogP contribution in [0.3, 0.4) is 0 Å². The molecule has 1 aliphatic rings. The van der Waals surface area contributed by atoms with E-state index in [1.807, 2.05) is 46.1 Å². The van der Waals surface area contributed by atoms with Crippen molar-refractivity contribution in [1.82, 2.24) is 19.1 Å². The number of pyridine rings is 1. The van der Waals surface area contributed by atoms with Gasteiger partial charge in [-0.2, -0.15) is 5.10 Å². The molecule has 4 rings (SSSR count). The molecule has 7 nitrogen and oxygen atoms in total. The highest BCUT2D eigenvalue weighted by molar-refractivity contribution is 5.93. The summed E-state index contributed by atoms with van der Waals surface area (Å²) in [5.41, 5.74) is 5.58. The van der Waals surface area contributed by atoms with Gasteiger partial charge in [-0.3, -0.25) is 9.58 Å². The fourth-order valence-corrected chi connectivity index (χ4v) is 4.23. The van der Waals surface area contributed by atoms with Crippen LogP contribution in [-0.4, -0.2) is 57.5 Å². The molecule has 0 amide bonds. The Labute approximate surface area is 177 Å². The van der Waals surface area contributed by atoms with E-state index in [0.717, 1.165) is 54.3 Å². The van der Waals surface area contributed by atoms with E-state index >= 15 is 0 Å². The van der Waals surface area contributed by atoms with Crippen molar-refractivity contribution in [2.24, 2.45) is 7.05 Å². The zero-order chi connectivity index (χ0) is 21.4. The Morgan fingerprint density at radius 2 is 1.93 bits per heavy atom. The number of carbonyl (C=O) groups excluding carboxylic acids is 1. The van der Waals surface area contributed by atoms with Gasteiger partial charge in [0.1, 0.15) is 0 Å². The number of nitrogens with zero attached hydrogens (tertiary/aromatic N) is 4. The number of carbonyl (C=O) groups is 1. The Hall–Kier alpha value is -2.64. The van der Waals surface area contributed by atoms with E-state index in [1.165, 1.54) is 0 Å². The summed E-state index contributed by atoms with van der Waals surface area (Å²) in [5, 5.41) is 4.54. The van der Waals surface area contributed by atoms with Gasteiger partial charge in [-0.1, -0.05) is 0 Å². The molecule has 0 spiro atoms. The summed E-state index contributed by atoms with van der Waals surface area (Å²) >= 11 is 0. The molecule has 0 radical (unpaired) electrons. The molecular weight excluding hydrogens is 380 g/mol. The normalized spacial score (nSPS) is 16.3. The van der Waals surface area contributed by atoms with Gasteiger partial charge < -0.3 is 13.9 Å². The molecule has 160 valence electrons. The molecule has 0 bridgehead atoms. The number of fused-ring (bicyclic) bond motifs is 1. The smallest absolute Gasteiger partial charge is 0.338 e. The first-order valence-electron chi connectivity index (χ1n) is 10.5. The average molecular weight is 411 g/mol. The molecule has 4 heterocycles. The highest BCUT2D eigenvalue weighted by atomic mass is 16.5. The van der Waals surface area contributed by atoms with Crippen LogP contribution in [0.1, 0.15) is 48.4 Å². The third-order valence-corrected chi connectivity index (χ3v) is 5.75. The van der Waals surface area contributed by atoms with Crippen molar-refractivity contribution in [2.75, 3.05) is 26.3 Å². The second-order valence-corrected chi connectivity index (χ2v) is 8.24. The topological polar surface area (TPSA) is 61.0 Å². The van der Waals surface area contributed by atoms with E-state index in [9.17, 15) is 4.79 Å². The number of morpholine rings is 1. The molecular formula is C23H30N4O3. The highest BCUT2D eigenvalue weighted by Crippen LogP contribution is 2.32. The van der Waals surface area contributed by atoms with E-state index in [-0.39, 0.29) is 18.1 Å². The summed E-state index contributed by atoms with van der Waals surface area (Å²) < 4.78 is 15.1. The average Bonchev–Trinajstić information content (AvgIpc) is 3.33. The van der Waals surface area contributed by atoms with E-state index in [4.69, 9.17) is 9.47 Å². The van der Waals surface area contributed by atoms with E-state index in [1.54, 1.807) is 4.68 Å². The minimum Gasteiger partial charge on any atom is -0.459 e. The van der Waals surface area contributed by atoms with Gasteiger partial charge in [0.2, 0.25) is 0 Å². The highest BCUT2D eigenvalue weighted by Gasteiger charge is 2.26. The van der Waals surface area contributed by atoms with Gasteiger partial charge in [0, 0.05) is 55.3 Å². The quantitative estimate of drug-likeness (QED) is 0.602. The zero-order valence-corrected chi connectivity index (χ0v) is 18.4. The van der Waals surface area contributed by atoms with Crippen molar-refractivity contribution >= 4 is 11.5 Å². The van der Waals surface area contributed by atoms with Crippen molar-refractivity contribution in [3.05, 3.63) is 47.4 Å². The summed E-state index contributed by atoms with van der Waals surface area (Å²) in [6.07, 6.45) is 3.89. The Kier molecular flexibility index (Phi) is 5.66. The van der Waals surface area contributed by atoms with Crippen molar-refractivity contribution in [1.29, 1.82) is 0 Å². The Balaban J connectivity index is 1.87. The molecule has 7 heteroatoms. The predicted octanol–water partition coefficient (Wildman–Crippen LogP) is 3.61. The van der Waals surface area contributed by atoms with Crippen LogP contribution in [0.4, 0.5) is 0 Å². The molecule has 0 saturated carbocycles. The Morgan fingerprint density at radius 1 is 1.20 bits per heavy atom. The lowest BCUT2D eigenvalue weighted by molar-refractivity contribution is 0.0186. The Bertz CT molecular complexity index is 1060. The number of esters is 1. The number of hydrogen-bond acceptors (Lipinski definition) is 5. The number of ether oxygens (including phenoxy) is 2. The molecule has 3 aromatic heterocycles. The molecule has 0 aromatic carbocycles. The summed E-state index contributed by atoms with van der Waals surface area (Å²) in [5.74, 6) is -0.277. The third kappa shape index (κ3) is 3.87. The van der Waals surface area contributed by atoms with E-state index < -0.39 is 0 Å². The fraction of sp³-hybridized carbons (Fsp3) is 0.478. The van der Waals surface area contributed by atoms with Crippen LogP contribution in [0, 0.1) is 6.92 Å². The van der Waals surface area contributed by atoms with Crippen LogP contribution in [0.5, 0.6) is 0 Å².